The summed E-state index contributed by atoms with van der Waals surface area (Å²) in [4.78, 5) is 16.3. The first-order valence-corrected chi connectivity index (χ1v) is 9.44. The first kappa shape index (κ1) is 18.1. The predicted molar refractivity (Wildman–Crippen MR) is 83.4 cm³/mol. The van der Waals surface area contributed by atoms with Crippen LogP contribution in [-0.2, 0) is 14.8 Å². The molecule has 7 nitrogen and oxygen atoms in total. The summed E-state index contributed by atoms with van der Waals surface area (Å²) in [5.41, 5.74) is -5.30. The van der Waals surface area contributed by atoms with E-state index in [1.807, 2.05) is 18.2 Å². The van der Waals surface area contributed by atoms with E-state index in [0.717, 1.165) is 5.82 Å². The SMILES string of the molecule is O=C1C2CNC3=CC=CC(CN1CCCCNS(=O)(=O)C(F)(F)F)N32. The molecule has 3 heterocycles. The summed E-state index contributed by atoms with van der Waals surface area (Å²) in [6.45, 7) is 1.13. The predicted octanol–water partition coefficient (Wildman–Crippen LogP) is 0.102. The average molecular weight is 380 g/mol. The first-order valence-electron chi connectivity index (χ1n) is 7.96. The van der Waals surface area contributed by atoms with Crippen molar-refractivity contribution in [3.05, 3.63) is 24.0 Å². The van der Waals surface area contributed by atoms with Gasteiger partial charge < -0.3 is 15.1 Å². The third-order valence-electron chi connectivity index (χ3n) is 4.49. The normalized spacial score (nSPS) is 25.7. The molecule has 0 radical (unpaired) electrons. The van der Waals surface area contributed by atoms with E-state index in [-0.39, 0.29) is 31.0 Å². The van der Waals surface area contributed by atoms with Gasteiger partial charge in [0.15, 0.2) is 0 Å². The molecule has 2 fully saturated rings. The second-order valence-corrected chi connectivity index (χ2v) is 7.90. The fourth-order valence-corrected chi connectivity index (χ4v) is 3.86. The van der Waals surface area contributed by atoms with Gasteiger partial charge in [-0.25, -0.2) is 13.1 Å². The van der Waals surface area contributed by atoms with Crippen LogP contribution in [0.5, 0.6) is 0 Å². The Hall–Kier alpha value is -1.75. The topological polar surface area (TPSA) is 81.8 Å². The molecule has 3 aliphatic heterocycles. The van der Waals surface area contributed by atoms with Crippen molar-refractivity contribution in [2.45, 2.75) is 30.4 Å². The van der Waals surface area contributed by atoms with Crippen molar-refractivity contribution in [1.82, 2.24) is 19.8 Å². The fourth-order valence-electron chi connectivity index (χ4n) is 3.28. The molecule has 2 unspecified atom stereocenters. The largest absolute Gasteiger partial charge is 0.511 e. The van der Waals surface area contributed by atoms with Gasteiger partial charge in [-0.1, -0.05) is 12.2 Å². The highest BCUT2D eigenvalue weighted by molar-refractivity contribution is 7.90. The number of hydrogen-bond donors (Lipinski definition) is 2. The summed E-state index contributed by atoms with van der Waals surface area (Å²) < 4.78 is 59.9. The first-order chi connectivity index (χ1) is 11.7. The molecule has 0 saturated carbocycles. The van der Waals surface area contributed by atoms with E-state index < -0.39 is 15.5 Å². The number of alkyl halides is 3. The second-order valence-electron chi connectivity index (χ2n) is 6.14. The summed E-state index contributed by atoms with van der Waals surface area (Å²) in [5, 5.41) is 3.19. The van der Waals surface area contributed by atoms with Crippen LogP contribution in [0.15, 0.2) is 24.0 Å². The minimum Gasteiger partial charge on any atom is -0.369 e. The smallest absolute Gasteiger partial charge is 0.369 e. The van der Waals surface area contributed by atoms with Crippen molar-refractivity contribution >= 4 is 15.9 Å². The lowest BCUT2D eigenvalue weighted by Gasteiger charge is -2.43. The number of halogens is 3. The molecule has 0 aliphatic carbocycles. The van der Waals surface area contributed by atoms with Crippen LogP contribution in [0, 0.1) is 0 Å². The van der Waals surface area contributed by atoms with Gasteiger partial charge in [0.1, 0.15) is 11.9 Å². The van der Waals surface area contributed by atoms with Gasteiger partial charge in [-0.15, -0.1) is 0 Å². The highest BCUT2D eigenvalue weighted by atomic mass is 32.2. The zero-order valence-electron chi connectivity index (χ0n) is 13.3. The standard InChI is InChI=1S/C14H19F3N4O3S/c15-14(16,17)25(23,24)19-6-1-2-7-20-9-10-4-3-5-12-18-8-11(13(20)22)21(10)12/h3-5,10-11,18-19H,1-2,6-9H2. The molecule has 25 heavy (non-hydrogen) atoms. The molecule has 140 valence electrons. The van der Waals surface area contributed by atoms with Crippen molar-refractivity contribution in [2.24, 2.45) is 0 Å². The molecular formula is C14H19F3N4O3S. The lowest BCUT2D eigenvalue weighted by atomic mass is 10.0. The lowest BCUT2D eigenvalue weighted by Crippen LogP contribution is -2.59. The molecule has 0 aromatic carbocycles. The van der Waals surface area contributed by atoms with Crippen molar-refractivity contribution in [3.8, 4) is 0 Å². The molecule has 0 aromatic heterocycles. The Kier molecular flexibility index (Phi) is 4.71. The minimum atomic E-state index is -5.30. The molecule has 2 saturated heterocycles. The Morgan fingerprint density at radius 1 is 1.32 bits per heavy atom. The molecule has 3 rings (SSSR count). The lowest BCUT2D eigenvalue weighted by molar-refractivity contribution is -0.140. The molecule has 3 aliphatic rings. The maximum atomic E-state index is 12.5. The van der Waals surface area contributed by atoms with Gasteiger partial charge in [0.05, 0.1) is 6.04 Å². The van der Waals surface area contributed by atoms with E-state index in [4.69, 9.17) is 0 Å². The van der Waals surface area contributed by atoms with Gasteiger partial charge in [0, 0.05) is 26.2 Å². The number of unbranched alkanes of at least 4 members (excludes halogenated alkanes) is 1. The van der Waals surface area contributed by atoms with Crippen LogP contribution in [-0.4, -0.2) is 67.9 Å². The van der Waals surface area contributed by atoms with E-state index in [2.05, 4.69) is 10.2 Å². The highest BCUT2D eigenvalue weighted by Gasteiger charge is 2.46. The van der Waals surface area contributed by atoms with E-state index in [0.29, 0.717) is 26.1 Å². The van der Waals surface area contributed by atoms with Crippen LogP contribution in [0.3, 0.4) is 0 Å². The average Bonchev–Trinajstić information content (AvgIpc) is 2.96. The monoisotopic (exact) mass is 380 g/mol. The van der Waals surface area contributed by atoms with E-state index in [1.165, 1.54) is 4.72 Å². The van der Waals surface area contributed by atoms with Gasteiger partial charge in [-0.05, 0) is 18.9 Å². The second kappa shape index (κ2) is 6.52. The summed E-state index contributed by atoms with van der Waals surface area (Å²) in [5.74, 6) is 0.922. The van der Waals surface area contributed by atoms with Crippen LogP contribution >= 0.6 is 0 Å². The molecule has 0 spiro atoms. The number of piperazine rings is 1. The molecule has 2 atom stereocenters. The van der Waals surface area contributed by atoms with Crippen molar-refractivity contribution < 1.29 is 26.4 Å². The van der Waals surface area contributed by atoms with Gasteiger partial charge in [0.25, 0.3) is 0 Å². The van der Waals surface area contributed by atoms with Crippen molar-refractivity contribution in [1.29, 1.82) is 0 Å². The van der Waals surface area contributed by atoms with E-state index >= 15 is 0 Å². The Bertz CT molecular complexity index is 705. The van der Waals surface area contributed by atoms with Gasteiger partial charge in [-0.2, -0.15) is 13.2 Å². The Balaban J connectivity index is 1.47. The van der Waals surface area contributed by atoms with Crippen molar-refractivity contribution in [3.63, 3.8) is 0 Å². The molecule has 0 bridgehead atoms. The zero-order valence-corrected chi connectivity index (χ0v) is 14.1. The number of carbonyl (C=O) groups excluding carboxylic acids is 1. The summed E-state index contributed by atoms with van der Waals surface area (Å²) >= 11 is 0. The van der Waals surface area contributed by atoms with Crippen LogP contribution in [0.2, 0.25) is 0 Å². The number of carbonyl (C=O) groups is 1. The summed E-state index contributed by atoms with van der Waals surface area (Å²) in [6.07, 6.45) is 6.52. The number of hydrogen-bond acceptors (Lipinski definition) is 5. The summed E-state index contributed by atoms with van der Waals surface area (Å²) in [7, 11) is -5.30. The zero-order chi connectivity index (χ0) is 18.2. The van der Waals surface area contributed by atoms with Gasteiger partial charge in [-0.3, -0.25) is 4.79 Å². The Morgan fingerprint density at radius 3 is 2.80 bits per heavy atom. The van der Waals surface area contributed by atoms with Gasteiger partial charge >= 0.3 is 15.5 Å². The molecule has 2 N–H and O–H groups in total. The van der Waals surface area contributed by atoms with Crippen LogP contribution in [0.4, 0.5) is 13.2 Å². The van der Waals surface area contributed by atoms with Crippen LogP contribution < -0.4 is 10.0 Å². The number of rotatable bonds is 6. The van der Waals surface area contributed by atoms with E-state index in [1.54, 1.807) is 4.90 Å². The molecule has 1 amide bonds. The quantitative estimate of drug-likeness (QED) is 0.639. The Labute approximate surface area is 143 Å². The maximum absolute atomic E-state index is 12.5. The number of nitrogens with zero attached hydrogens (tertiary/aromatic N) is 2. The maximum Gasteiger partial charge on any atom is 0.511 e. The van der Waals surface area contributed by atoms with Crippen molar-refractivity contribution in [2.75, 3.05) is 26.2 Å². The number of amides is 1. The summed E-state index contributed by atoms with van der Waals surface area (Å²) in [6, 6.07) is -0.180. The fraction of sp³-hybridized carbons (Fsp3) is 0.643. The molecule has 0 aromatic rings. The molecule has 11 heteroatoms. The number of nitrogens with one attached hydrogen (secondary N) is 2. The Morgan fingerprint density at radius 2 is 2.08 bits per heavy atom. The molecular weight excluding hydrogens is 361 g/mol. The minimum absolute atomic E-state index is 0.0154. The number of allylic oxidation sites excluding steroid dienone is 2. The highest BCUT2D eigenvalue weighted by Crippen LogP contribution is 2.28. The van der Waals surface area contributed by atoms with Crippen LogP contribution in [0.25, 0.3) is 0 Å². The van der Waals surface area contributed by atoms with Crippen LogP contribution in [0.1, 0.15) is 12.8 Å². The third kappa shape index (κ3) is 3.47. The third-order valence-corrected chi connectivity index (χ3v) is 5.68. The number of sulfonamides is 1. The van der Waals surface area contributed by atoms with E-state index in [9.17, 15) is 26.4 Å². The van der Waals surface area contributed by atoms with Gasteiger partial charge in [0.2, 0.25) is 5.91 Å².